The van der Waals surface area contributed by atoms with Crippen molar-refractivity contribution in [3.8, 4) is 0 Å². The van der Waals surface area contributed by atoms with Gasteiger partial charge in [0.2, 0.25) is 0 Å². The van der Waals surface area contributed by atoms with Crippen molar-refractivity contribution < 1.29 is 0 Å². The van der Waals surface area contributed by atoms with E-state index in [1.807, 2.05) is 12.1 Å². The lowest BCUT2D eigenvalue weighted by Gasteiger charge is -2.13. The highest BCUT2D eigenvalue weighted by molar-refractivity contribution is 9.10. The summed E-state index contributed by atoms with van der Waals surface area (Å²) in [5.74, 6) is 0. The number of hydrogen-bond donors (Lipinski definition) is 2. The van der Waals surface area contributed by atoms with Crippen molar-refractivity contribution in [2.45, 2.75) is 13.0 Å². The second-order valence-electron chi connectivity index (χ2n) is 3.02. The standard InChI is InChI=1S/C10H15BrN2/c1-8(13-6-5-12)9-3-2-4-10(11)7-9/h2-4,7-8,13H,5-6,12H2,1H3. The van der Waals surface area contributed by atoms with Gasteiger partial charge in [-0.2, -0.15) is 0 Å². The van der Waals surface area contributed by atoms with Gasteiger partial charge < -0.3 is 11.1 Å². The van der Waals surface area contributed by atoms with Crippen LogP contribution in [0.2, 0.25) is 0 Å². The summed E-state index contributed by atoms with van der Waals surface area (Å²) in [4.78, 5) is 0. The second kappa shape index (κ2) is 5.37. The van der Waals surface area contributed by atoms with Gasteiger partial charge in [-0.25, -0.2) is 0 Å². The van der Waals surface area contributed by atoms with E-state index in [4.69, 9.17) is 5.73 Å². The molecule has 1 unspecified atom stereocenters. The Morgan fingerprint density at radius 3 is 2.92 bits per heavy atom. The number of benzene rings is 1. The third-order valence-electron chi connectivity index (χ3n) is 1.94. The van der Waals surface area contributed by atoms with Gasteiger partial charge in [0.05, 0.1) is 0 Å². The molecule has 0 fully saturated rings. The molecule has 1 aromatic rings. The maximum atomic E-state index is 5.41. The average Bonchev–Trinajstić information content (AvgIpc) is 2.14. The number of rotatable bonds is 4. The second-order valence-corrected chi connectivity index (χ2v) is 3.94. The first-order chi connectivity index (χ1) is 6.24. The zero-order valence-corrected chi connectivity index (χ0v) is 9.34. The fraction of sp³-hybridized carbons (Fsp3) is 0.400. The van der Waals surface area contributed by atoms with E-state index in [-0.39, 0.29) is 0 Å². The minimum Gasteiger partial charge on any atom is -0.329 e. The molecule has 3 heteroatoms. The van der Waals surface area contributed by atoms with Crippen LogP contribution in [0.1, 0.15) is 18.5 Å². The van der Waals surface area contributed by atoms with E-state index in [9.17, 15) is 0 Å². The summed E-state index contributed by atoms with van der Waals surface area (Å²) in [6.07, 6.45) is 0. The minimum absolute atomic E-state index is 0.362. The number of nitrogens with two attached hydrogens (primary N) is 1. The Hall–Kier alpha value is -0.380. The van der Waals surface area contributed by atoms with Crippen molar-refractivity contribution >= 4 is 15.9 Å². The van der Waals surface area contributed by atoms with E-state index in [1.54, 1.807) is 0 Å². The van der Waals surface area contributed by atoms with Crippen molar-refractivity contribution in [3.05, 3.63) is 34.3 Å². The lowest BCUT2D eigenvalue weighted by Crippen LogP contribution is -2.25. The highest BCUT2D eigenvalue weighted by Crippen LogP contribution is 2.17. The quantitative estimate of drug-likeness (QED) is 0.849. The molecule has 0 aliphatic heterocycles. The molecule has 0 aromatic heterocycles. The van der Waals surface area contributed by atoms with Gasteiger partial charge >= 0.3 is 0 Å². The Bertz CT molecular complexity index is 263. The highest BCUT2D eigenvalue weighted by Gasteiger charge is 2.03. The van der Waals surface area contributed by atoms with Crippen molar-refractivity contribution in [1.29, 1.82) is 0 Å². The average molecular weight is 243 g/mol. The summed E-state index contributed by atoms with van der Waals surface area (Å²) in [5, 5.41) is 3.33. The van der Waals surface area contributed by atoms with E-state index in [1.165, 1.54) is 5.56 Å². The first-order valence-electron chi connectivity index (χ1n) is 4.43. The molecule has 0 saturated carbocycles. The summed E-state index contributed by atoms with van der Waals surface area (Å²) >= 11 is 3.45. The molecular formula is C10H15BrN2. The summed E-state index contributed by atoms with van der Waals surface area (Å²) < 4.78 is 1.12. The van der Waals surface area contributed by atoms with Gasteiger partial charge in [0.15, 0.2) is 0 Å². The van der Waals surface area contributed by atoms with Crippen molar-refractivity contribution in [3.63, 3.8) is 0 Å². The molecule has 13 heavy (non-hydrogen) atoms. The smallest absolute Gasteiger partial charge is 0.0292 e. The zero-order chi connectivity index (χ0) is 9.68. The minimum atomic E-state index is 0.362. The Kier molecular flexibility index (Phi) is 4.42. The molecular weight excluding hydrogens is 228 g/mol. The normalized spacial score (nSPS) is 12.8. The largest absolute Gasteiger partial charge is 0.329 e. The van der Waals surface area contributed by atoms with E-state index in [2.05, 4.69) is 40.3 Å². The molecule has 1 atom stereocenters. The molecule has 0 heterocycles. The number of nitrogens with one attached hydrogen (secondary N) is 1. The van der Waals surface area contributed by atoms with Gasteiger partial charge in [0, 0.05) is 23.6 Å². The zero-order valence-electron chi connectivity index (χ0n) is 7.76. The van der Waals surface area contributed by atoms with Crippen LogP contribution in [0.3, 0.4) is 0 Å². The Balaban J connectivity index is 2.60. The van der Waals surface area contributed by atoms with Crippen molar-refractivity contribution in [1.82, 2.24) is 5.32 Å². The van der Waals surface area contributed by atoms with Crippen LogP contribution < -0.4 is 11.1 Å². The summed E-state index contributed by atoms with van der Waals surface area (Å²) in [6, 6.07) is 8.66. The molecule has 72 valence electrons. The van der Waals surface area contributed by atoms with Crippen molar-refractivity contribution in [2.75, 3.05) is 13.1 Å². The predicted octanol–water partition coefficient (Wildman–Crippen LogP) is 2.06. The Labute approximate surface area is 87.6 Å². The number of hydrogen-bond acceptors (Lipinski definition) is 2. The lowest BCUT2D eigenvalue weighted by molar-refractivity contribution is 0.582. The molecule has 1 rings (SSSR count). The molecule has 1 aromatic carbocycles. The molecule has 3 N–H and O–H groups in total. The third-order valence-corrected chi connectivity index (χ3v) is 2.44. The van der Waals surface area contributed by atoms with Gasteiger partial charge in [0.1, 0.15) is 0 Å². The van der Waals surface area contributed by atoms with Crippen LogP contribution in [0.5, 0.6) is 0 Å². The van der Waals surface area contributed by atoms with E-state index < -0.39 is 0 Å². The van der Waals surface area contributed by atoms with Crippen LogP contribution >= 0.6 is 15.9 Å². The molecule has 0 spiro atoms. The van der Waals surface area contributed by atoms with Gasteiger partial charge in [-0.15, -0.1) is 0 Å². The molecule has 2 nitrogen and oxygen atoms in total. The molecule has 0 aliphatic rings. The topological polar surface area (TPSA) is 38.0 Å². The first kappa shape index (κ1) is 10.7. The SMILES string of the molecule is CC(NCCN)c1cccc(Br)c1. The maximum absolute atomic E-state index is 5.41. The van der Waals surface area contributed by atoms with Gasteiger partial charge in [-0.3, -0.25) is 0 Å². The van der Waals surface area contributed by atoms with Crippen LogP contribution in [-0.2, 0) is 0 Å². The van der Waals surface area contributed by atoms with Crippen LogP contribution in [0.4, 0.5) is 0 Å². The lowest BCUT2D eigenvalue weighted by atomic mass is 10.1. The highest BCUT2D eigenvalue weighted by atomic mass is 79.9. The van der Waals surface area contributed by atoms with Crippen LogP contribution in [0, 0.1) is 0 Å². The fourth-order valence-corrected chi connectivity index (χ4v) is 1.61. The van der Waals surface area contributed by atoms with Crippen LogP contribution in [0.15, 0.2) is 28.7 Å². The van der Waals surface area contributed by atoms with E-state index >= 15 is 0 Å². The fourth-order valence-electron chi connectivity index (χ4n) is 1.19. The molecule has 0 radical (unpaired) electrons. The van der Waals surface area contributed by atoms with Gasteiger partial charge in [-0.1, -0.05) is 28.1 Å². The monoisotopic (exact) mass is 242 g/mol. The van der Waals surface area contributed by atoms with E-state index in [0.29, 0.717) is 12.6 Å². The summed E-state index contributed by atoms with van der Waals surface area (Å²) in [7, 11) is 0. The first-order valence-corrected chi connectivity index (χ1v) is 5.22. The summed E-state index contributed by atoms with van der Waals surface area (Å²) in [6.45, 7) is 3.67. The molecule has 0 amide bonds. The Morgan fingerprint density at radius 1 is 1.54 bits per heavy atom. The summed E-state index contributed by atoms with van der Waals surface area (Å²) in [5.41, 5.74) is 6.69. The van der Waals surface area contributed by atoms with Crippen molar-refractivity contribution in [2.24, 2.45) is 5.73 Å². The van der Waals surface area contributed by atoms with Crippen LogP contribution in [0.25, 0.3) is 0 Å². The maximum Gasteiger partial charge on any atom is 0.0292 e. The molecule has 0 bridgehead atoms. The van der Waals surface area contributed by atoms with Gasteiger partial charge in [0.25, 0.3) is 0 Å². The molecule has 0 saturated heterocycles. The third kappa shape index (κ3) is 3.46. The van der Waals surface area contributed by atoms with E-state index in [0.717, 1.165) is 11.0 Å². The van der Waals surface area contributed by atoms with Gasteiger partial charge in [-0.05, 0) is 24.6 Å². The molecule has 0 aliphatic carbocycles. The Morgan fingerprint density at radius 2 is 2.31 bits per heavy atom. The number of halogens is 1. The van der Waals surface area contributed by atoms with Crippen LogP contribution in [-0.4, -0.2) is 13.1 Å². The predicted molar refractivity (Wildman–Crippen MR) is 59.6 cm³/mol.